The summed E-state index contributed by atoms with van der Waals surface area (Å²) >= 11 is 0. The third-order valence-corrected chi connectivity index (χ3v) is 5.45. The van der Waals surface area contributed by atoms with Crippen LogP contribution in [-0.2, 0) is 20.5 Å². The average molecular weight is 359 g/mol. The predicted molar refractivity (Wildman–Crippen MR) is 100 cm³/mol. The number of methoxy groups -OCH3 is 1. The van der Waals surface area contributed by atoms with Crippen LogP contribution in [0.15, 0.2) is 53.4 Å². The summed E-state index contributed by atoms with van der Waals surface area (Å²) in [5, 5.41) is 0. The summed E-state index contributed by atoms with van der Waals surface area (Å²) in [6.45, 7) is 7.57. The van der Waals surface area contributed by atoms with Gasteiger partial charge in [-0.05, 0) is 45.4 Å². The van der Waals surface area contributed by atoms with Gasteiger partial charge in [0.25, 0.3) is 0 Å². The first kappa shape index (κ1) is 19.3. The lowest BCUT2D eigenvalue weighted by atomic mass is 9.81. The van der Waals surface area contributed by atoms with E-state index in [2.05, 4.69) is 4.72 Å². The molecule has 1 N–H and O–H groups in total. The fraction of sp³-hybridized carbons (Fsp3) is 0.350. The molecule has 25 heavy (non-hydrogen) atoms. The number of nitrogens with one attached hydrogen (secondary N) is 1. The van der Waals surface area contributed by atoms with Crippen molar-refractivity contribution < 1.29 is 13.7 Å². The number of carbonyl (C=O) groups is 1. The van der Waals surface area contributed by atoms with Crippen molar-refractivity contribution in [3.8, 4) is 0 Å². The molecule has 0 fully saturated rings. The van der Waals surface area contributed by atoms with Gasteiger partial charge in [0.2, 0.25) is 0 Å². The van der Waals surface area contributed by atoms with Crippen LogP contribution in [0.5, 0.6) is 0 Å². The maximum absolute atomic E-state index is 12.8. The summed E-state index contributed by atoms with van der Waals surface area (Å²) in [5.74, 6) is -0.355. The summed E-state index contributed by atoms with van der Waals surface area (Å²) < 4.78 is 20.9. The minimum absolute atomic E-state index is 0.355. The standard InChI is InChI=1S/C20H25NO3S/c1-14-6-10-16(11-7-14)18(20(3,4)19(22)24-5)21-25(23)17-12-8-15(2)9-13-17/h6-13,18,21H,1-5H3/t18-,25?/m0/s1. The molecule has 2 atom stereocenters. The zero-order valence-electron chi connectivity index (χ0n) is 15.3. The van der Waals surface area contributed by atoms with Crippen LogP contribution in [0.25, 0.3) is 0 Å². The number of hydrogen-bond donors (Lipinski definition) is 1. The van der Waals surface area contributed by atoms with Crippen LogP contribution in [0.4, 0.5) is 0 Å². The van der Waals surface area contributed by atoms with E-state index in [1.165, 1.54) is 7.11 Å². The minimum atomic E-state index is -1.45. The molecule has 0 spiro atoms. The van der Waals surface area contributed by atoms with Crippen LogP contribution < -0.4 is 4.72 Å². The first-order valence-corrected chi connectivity index (χ1v) is 9.30. The van der Waals surface area contributed by atoms with E-state index >= 15 is 0 Å². The number of benzene rings is 2. The zero-order chi connectivity index (χ0) is 18.6. The van der Waals surface area contributed by atoms with Gasteiger partial charge in [-0.3, -0.25) is 4.79 Å². The fourth-order valence-corrected chi connectivity index (χ4v) is 3.77. The lowest BCUT2D eigenvalue weighted by Crippen LogP contribution is -2.41. The molecule has 2 aromatic rings. The second-order valence-electron chi connectivity index (χ2n) is 6.76. The summed E-state index contributed by atoms with van der Waals surface area (Å²) in [5.41, 5.74) is 2.23. The van der Waals surface area contributed by atoms with Gasteiger partial charge in [-0.25, -0.2) is 8.93 Å². The van der Waals surface area contributed by atoms with E-state index in [-0.39, 0.29) is 5.97 Å². The van der Waals surface area contributed by atoms with E-state index in [1.54, 1.807) is 13.8 Å². The Kier molecular flexibility index (Phi) is 6.14. The Morgan fingerprint density at radius 1 is 1.00 bits per heavy atom. The molecule has 0 saturated heterocycles. The van der Waals surface area contributed by atoms with Gasteiger partial charge in [-0.15, -0.1) is 0 Å². The number of aryl methyl sites for hydroxylation is 2. The highest BCUT2D eigenvalue weighted by Gasteiger charge is 2.40. The van der Waals surface area contributed by atoms with Gasteiger partial charge in [-0.1, -0.05) is 47.5 Å². The second kappa shape index (κ2) is 7.93. The summed E-state index contributed by atoms with van der Waals surface area (Å²) in [6.07, 6.45) is 0. The molecule has 0 saturated carbocycles. The molecule has 2 rings (SSSR count). The Hall–Kier alpha value is -1.98. The van der Waals surface area contributed by atoms with Crippen molar-refractivity contribution in [1.29, 1.82) is 0 Å². The Morgan fingerprint density at radius 2 is 1.48 bits per heavy atom. The van der Waals surface area contributed by atoms with Crippen molar-refractivity contribution in [2.75, 3.05) is 7.11 Å². The van der Waals surface area contributed by atoms with Crippen LogP contribution in [-0.4, -0.2) is 17.3 Å². The molecule has 0 radical (unpaired) electrons. The Labute approximate surface area is 152 Å². The quantitative estimate of drug-likeness (QED) is 0.797. The molecule has 0 amide bonds. The van der Waals surface area contributed by atoms with Gasteiger partial charge >= 0.3 is 5.97 Å². The largest absolute Gasteiger partial charge is 0.469 e. The van der Waals surface area contributed by atoms with Crippen molar-refractivity contribution in [3.05, 3.63) is 65.2 Å². The Balaban J connectivity index is 2.37. The summed E-state index contributed by atoms with van der Waals surface area (Å²) in [7, 11) is -0.0821. The lowest BCUT2D eigenvalue weighted by molar-refractivity contribution is -0.152. The summed E-state index contributed by atoms with van der Waals surface area (Å²) in [6, 6.07) is 14.9. The molecule has 0 aliphatic carbocycles. The smallest absolute Gasteiger partial charge is 0.313 e. The molecule has 134 valence electrons. The molecule has 0 aliphatic rings. The molecule has 0 bridgehead atoms. The predicted octanol–water partition coefficient (Wildman–Crippen LogP) is 3.86. The van der Waals surface area contributed by atoms with Gasteiger partial charge in [0.05, 0.1) is 23.5 Å². The van der Waals surface area contributed by atoms with Crippen LogP contribution in [0, 0.1) is 19.3 Å². The lowest BCUT2D eigenvalue weighted by Gasteiger charge is -2.32. The second-order valence-corrected chi connectivity index (χ2v) is 8.00. The Bertz CT molecular complexity index is 752. The number of rotatable bonds is 6. The van der Waals surface area contributed by atoms with Gasteiger partial charge in [-0.2, -0.15) is 0 Å². The first-order chi connectivity index (χ1) is 11.8. The minimum Gasteiger partial charge on any atom is -0.469 e. The van der Waals surface area contributed by atoms with E-state index < -0.39 is 22.4 Å². The SMILES string of the molecule is COC(=O)C(C)(C)[C@@H](NS(=O)c1ccc(C)cc1)c1ccc(C)cc1. The van der Waals surface area contributed by atoms with E-state index in [0.717, 1.165) is 16.7 Å². The molecular formula is C20H25NO3S. The van der Waals surface area contributed by atoms with E-state index in [1.807, 2.05) is 62.4 Å². The molecule has 0 aliphatic heterocycles. The van der Waals surface area contributed by atoms with Crippen LogP contribution in [0.2, 0.25) is 0 Å². The first-order valence-electron chi connectivity index (χ1n) is 8.15. The normalized spacial score (nSPS) is 14.0. The topological polar surface area (TPSA) is 55.4 Å². The third-order valence-electron chi connectivity index (χ3n) is 4.30. The molecule has 1 unspecified atom stereocenters. The molecule has 0 heterocycles. The number of ether oxygens (including phenoxy) is 1. The van der Waals surface area contributed by atoms with Crippen LogP contribution >= 0.6 is 0 Å². The monoisotopic (exact) mass is 359 g/mol. The van der Waals surface area contributed by atoms with E-state index in [4.69, 9.17) is 4.74 Å². The van der Waals surface area contributed by atoms with E-state index in [0.29, 0.717) is 4.90 Å². The van der Waals surface area contributed by atoms with Gasteiger partial charge in [0.15, 0.2) is 0 Å². The highest BCUT2D eigenvalue weighted by Crippen LogP contribution is 2.35. The Morgan fingerprint density at radius 3 is 1.96 bits per heavy atom. The number of esters is 1. The van der Waals surface area contributed by atoms with Gasteiger partial charge in [0, 0.05) is 0 Å². The van der Waals surface area contributed by atoms with Crippen molar-refractivity contribution >= 4 is 17.0 Å². The average Bonchev–Trinajstić information content (AvgIpc) is 2.60. The van der Waals surface area contributed by atoms with Gasteiger partial charge in [0.1, 0.15) is 11.0 Å². The van der Waals surface area contributed by atoms with Crippen LogP contribution in [0.3, 0.4) is 0 Å². The zero-order valence-corrected chi connectivity index (χ0v) is 16.1. The summed E-state index contributed by atoms with van der Waals surface area (Å²) in [4.78, 5) is 13.0. The maximum atomic E-state index is 12.8. The number of hydrogen-bond acceptors (Lipinski definition) is 3. The van der Waals surface area contributed by atoms with Crippen molar-refractivity contribution in [3.63, 3.8) is 0 Å². The molecule has 4 nitrogen and oxygen atoms in total. The van der Waals surface area contributed by atoms with Crippen LogP contribution in [0.1, 0.15) is 36.6 Å². The fourth-order valence-electron chi connectivity index (χ4n) is 2.61. The van der Waals surface area contributed by atoms with Crippen molar-refractivity contribution in [2.24, 2.45) is 5.41 Å². The van der Waals surface area contributed by atoms with Crippen molar-refractivity contribution in [2.45, 2.75) is 38.6 Å². The molecular weight excluding hydrogens is 334 g/mol. The molecule has 0 aromatic heterocycles. The number of carbonyl (C=O) groups excluding carboxylic acids is 1. The molecule has 2 aromatic carbocycles. The highest BCUT2D eigenvalue weighted by molar-refractivity contribution is 7.83. The third kappa shape index (κ3) is 4.55. The molecule has 5 heteroatoms. The van der Waals surface area contributed by atoms with Crippen molar-refractivity contribution in [1.82, 2.24) is 4.72 Å². The maximum Gasteiger partial charge on any atom is 0.313 e. The van der Waals surface area contributed by atoms with Gasteiger partial charge < -0.3 is 4.74 Å². The van der Waals surface area contributed by atoms with E-state index in [9.17, 15) is 9.00 Å². The highest BCUT2D eigenvalue weighted by atomic mass is 32.2.